The third-order valence-electron chi connectivity index (χ3n) is 3.28. The lowest BCUT2D eigenvalue weighted by atomic mass is 10.1. The molecule has 0 spiro atoms. The molecular weight excluding hydrogens is 285 g/mol. The molecule has 2 aromatic carbocycles. The van der Waals surface area contributed by atoms with Gasteiger partial charge in [-0.2, -0.15) is 0 Å². The highest BCUT2D eigenvalue weighted by atomic mass is 19.1. The van der Waals surface area contributed by atoms with Crippen LogP contribution in [0, 0.1) is 5.82 Å². The summed E-state index contributed by atoms with van der Waals surface area (Å²) in [5.41, 5.74) is 1.17. The summed E-state index contributed by atoms with van der Waals surface area (Å²) in [4.78, 5) is 12.0. The average Bonchev–Trinajstić information content (AvgIpc) is 2.55. The van der Waals surface area contributed by atoms with Crippen molar-refractivity contribution in [2.75, 3.05) is 20.8 Å². The van der Waals surface area contributed by atoms with Crippen molar-refractivity contribution in [2.45, 2.75) is 6.10 Å². The number of methoxy groups -OCH3 is 2. The van der Waals surface area contributed by atoms with E-state index in [1.807, 2.05) is 24.3 Å². The Kier molecular flexibility index (Phi) is 5.49. The summed E-state index contributed by atoms with van der Waals surface area (Å²) < 4.78 is 23.7. The Morgan fingerprint density at radius 3 is 2.64 bits per heavy atom. The smallest absolute Gasteiger partial charge is 0.251 e. The number of hydrogen-bond acceptors (Lipinski definition) is 3. The highest BCUT2D eigenvalue weighted by Crippen LogP contribution is 2.21. The largest absolute Gasteiger partial charge is 0.497 e. The second-order valence-electron chi connectivity index (χ2n) is 4.72. The van der Waals surface area contributed by atoms with Gasteiger partial charge in [0.1, 0.15) is 11.6 Å². The second-order valence-corrected chi connectivity index (χ2v) is 4.72. The fraction of sp³-hybridized carbons (Fsp3) is 0.235. The Hall–Kier alpha value is -2.40. The summed E-state index contributed by atoms with van der Waals surface area (Å²) in [7, 11) is 3.16. The van der Waals surface area contributed by atoms with Crippen molar-refractivity contribution in [3.8, 4) is 5.75 Å². The number of amides is 1. The van der Waals surface area contributed by atoms with E-state index in [0.29, 0.717) is 0 Å². The first-order valence-electron chi connectivity index (χ1n) is 6.84. The lowest BCUT2D eigenvalue weighted by molar-refractivity contribution is 0.0827. The molecule has 0 bridgehead atoms. The Morgan fingerprint density at radius 1 is 1.18 bits per heavy atom. The summed E-state index contributed by atoms with van der Waals surface area (Å²) in [5, 5.41) is 2.74. The van der Waals surface area contributed by atoms with Gasteiger partial charge in [-0.05, 0) is 35.9 Å². The van der Waals surface area contributed by atoms with Gasteiger partial charge in [-0.15, -0.1) is 0 Å². The Balaban J connectivity index is 2.03. The second kappa shape index (κ2) is 7.56. The maximum atomic E-state index is 13.1. The quantitative estimate of drug-likeness (QED) is 0.892. The van der Waals surface area contributed by atoms with Crippen LogP contribution in [0.1, 0.15) is 22.0 Å². The molecular formula is C17H18FNO3. The number of carbonyl (C=O) groups excluding carboxylic acids is 1. The molecule has 0 aliphatic heterocycles. The molecule has 0 aliphatic carbocycles. The van der Waals surface area contributed by atoms with Gasteiger partial charge in [0, 0.05) is 19.2 Å². The van der Waals surface area contributed by atoms with E-state index in [4.69, 9.17) is 9.47 Å². The van der Waals surface area contributed by atoms with Crippen molar-refractivity contribution in [3.63, 3.8) is 0 Å². The molecule has 0 radical (unpaired) electrons. The van der Waals surface area contributed by atoms with Gasteiger partial charge in [0.25, 0.3) is 5.91 Å². The summed E-state index contributed by atoms with van der Waals surface area (Å²) in [5.74, 6) is -0.0656. The number of ether oxygens (including phenoxy) is 2. The van der Waals surface area contributed by atoms with E-state index in [1.165, 1.54) is 18.2 Å². The normalized spacial score (nSPS) is 11.8. The van der Waals surface area contributed by atoms with Crippen LogP contribution in [0.25, 0.3) is 0 Å². The first-order valence-corrected chi connectivity index (χ1v) is 6.84. The van der Waals surface area contributed by atoms with E-state index in [-0.39, 0.29) is 24.1 Å². The van der Waals surface area contributed by atoms with Gasteiger partial charge in [0.2, 0.25) is 0 Å². The predicted octanol–water partition coefficient (Wildman–Crippen LogP) is 2.95. The van der Waals surface area contributed by atoms with Crippen molar-refractivity contribution in [2.24, 2.45) is 0 Å². The molecule has 0 unspecified atom stereocenters. The molecule has 2 rings (SSSR count). The van der Waals surface area contributed by atoms with Gasteiger partial charge in [-0.3, -0.25) is 4.79 Å². The zero-order valence-electron chi connectivity index (χ0n) is 12.5. The molecule has 0 heterocycles. The predicted molar refractivity (Wildman–Crippen MR) is 81.5 cm³/mol. The van der Waals surface area contributed by atoms with Gasteiger partial charge in [0.05, 0.1) is 13.2 Å². The topological polar surface area (TPSA) is 47.6 Å². The lowest BCUT2D eigenvalue weighted by Gasteiger charge is -2.17. The maximum absolute atomic E-state index is 13.1. The van der Waals surface area contributed by atoms with Crippen LogP contribution in [0.3, 0.4) is 0 Å². The molecule has 0 saturated heterocycles. The molecule has 2 aromatic rings. The zero-order chi connectivity index (χ0) is 15.9. The first-order chi connectivity index (χ1) is 10.6. The van der Waals surface area contributed by atoms with Gasteiger partial charge in [-0.1, -0.05) is 18.2 Å². The molecule has 116 valence electrons. The summed E-state index contributed by atoms with van der Waals surface area (Å²) in [6.45, 7) is 0.277. The molecule has 1 N–H and O–H groups in total. The van der Waals surface area contributed by atoms with Crippen molar-refractivity contribution < 1.29 is 18.7 Å². The SMILES string of the molecule is COc1cccc([C@H](CNC(=O)c2cccc(F)c2)OC)c1. The van der Waals surface area contributed by atoms with Crippen LogP contribution in [0.5, 0.6) is 5.75 Å². The fourth-order valence-corrected chi connectivity index (χ4v) is 2.10. The number of hydrogen-bond donors (Lipinski definition) is 1. The van der Waals surface area contributed by atoms with Crippen LogP contribution >= 0.6 is 0 Å². The van der Waals surface area contributed by atoms with Crippen molar-refractivity contribution in [3.05, 3.63) is 65.5 Å². The van der Waals surface area contributed by atoms with Crippen LogP contribution in [0.2, 0.25) is 0 Å². The van der Waals surface area contributed by atoms with E-state index in [9.17, 15) is 9.18 Å². The standard InChI is InChI=1S/C17H18FNO3/c1-21-15-8-4-5-12(10-15)16(22-2)11-19-17(20)13-6-3-7-14(18)9-13/h3-10,16H,11H2,1-2H3,(H,19,20)/t16-/m0/s1. The van der Waals surface area contributed by atoms with Crippen LogP contribution in [0.15, 0.2) is 48.5 Å². The van der Waals surface area contributed by atoms with E-state index in [0.717, 1.165) is 11.3 Å². The minimum Gasteiger partial charge on any atom is -0.497 e. The molecule has 1 atom stereocenters. The van der Waals surface area contributed by atoms with Crippen LogP contribution in [-0.2, 0) is 4.74 Å². The van der Waals surface area contributed by atoms with E-state index >= 15 is 0 Å². The number of nitrogens with one attached hydrogen (secondary N) is 1. The van der Waals surface area contributed by atoms with E-state index in [1.54, 1.807) is 20.3 Å². The maximum Gasteiger partial charge on any atom is 0.251 e. The minimum atomic E-state index is -0.441. The Morgan fingerprint density at radius 2 is 1.95 bits per heavy atom. The molecule has 0 fully saturated rings. The minimum absolute atomic E-state index is 0.277. The number of rotatable bonds is 6. The highest BCUT2D eigenvalue weighted by molar-refractivity contribution is 5.94. The molecule has 22 heavy (non-hydrogen) atoms. The van der Waals surface area contributed by atoms with Crippen molar-refractivity contribution >= 4 is 5.91 Å². The molecule has 0 saturated carbocycles. The number of halogens is 1. The van der Waals surface area contributed by atoms with Crippen LogP contribution in [-0.4, -0.2) is 26.7 Å². The fourth-order valence-electron chi connectivity index (χ4n) is 2.10. The number of carbonyl (C=O) groups is 1. The van der Waals surface area contributed by atoms with Gasteiger partial charge >= 0.3 is 0 Å². The molecule has 4 nitrogen and oxygen atoms in total. The van der Waals surface area contributed by atoms with Crippen molar-refractivity contribution in [1.29, 1.82) is 0 Å². The van der Waals surface area contributed by atoms with Gasteiger partial charge in [-0.25, -0.2) is 4.39 Å². The average molecular weight is 303 g/mol. The monoisotopic (exact) mass is 303 g/mol. The van der Waals surface area contributed by atoms with Gasteiger partial charge < -0.3 is 14.8 Å². The third-order valence-corrected chi connectivity index (χ3v) is 3.28. The first kappa shape index (κ1) is 16.0. The highest BCUT2D eigenvalue weighted by Gasteiger charge is 2.14. The van der Waals surface area contributed by atoms with E-state index < -0.39 is 5.82 Å². The number of benzene rings is 2. The van der Waals surface area contributed by atoms with E-state index in [2.05, 4.69) is 5.32 Å². The third kappa shape index (κ3) is 4.05. The molecule has 0 aromatic heterocycles. The summed E-state index contributed by atoms with van der Waals surface area (Å²) in [6, 6.07) is 13.0. The molecule has 1 amide bonds. The Bertz CT molecular complexity index is 645. The zero-order valence-corrected chi connectivity index (χ0v) is 12.5. The van der Waals surface area contributed by atoms with Crippen LogP contribution < -0.4 is 10.1 Å². The Labute approximate surface area is 128 Å². The molecule has 5 heteroatoms. The molecule has 0 aliphatic rings. The summed E-state index contributed by atoms with van der Waals surface area (Å²) >= 11 is 0. The lowest BCUT2D eigenvalue weighted by Crippen LogP contribution is -2.29. The summed E-state index contributed by atoms with van der Waals surface area (Å²) in [6.07, 6.45) is -0.312. The van der Waals surface area contributed by atoms with Gasteiger partial charge in [0.15, 0.2) is 0 Å². The van der Waals surface area contributed by atoms with Crippen LogP contribution in [0.4, 0.5) is 4.39 Å². The van der Waals surface area contributed by atoms with Crippen molar-refractivity contribution in [1.82, 2.24) is 5.32 Å².